The Balaban J connectivity index is 1.90. The fourth-order valence-corrected chi connectivity index (χ4v) is 3.23. The number of carbonyl (C=O) groups excluding carboxylic acids is 2. The van der Waals surface area contributed by atoms with Crippen molar-refractivity contribution >= 4 is 23.1 Å². The van der Waals surface area contributed by atoms with Crippen LogP contribution in [0.4, 0.5) is 0 Å². The first kappa shape index (κ1) is 22.2. The number of nitrogens with one attached hydrogen (secondary N) is 3. The number of nitrogens with zero attached hydrogens (tertiary/aromatic N) is 1. The van der Waals surface area contributed by atoms with E-state index in [0.717, 1.165) is 23.1 Å². The highest BCUT2D eigenvalue weighted by atomic mass is 16.3. The summed E-state index contributed by atoms with van der Waals surface area (Å²) in [6.45, 7) is 6.41. The lowest BCUT2D eigenvalue weighted by molar-refractivity contribution is -0.138. The summed E-state index contributed by atoms with van der Waals surface area (Å²) in [6, 6.07) is 1.49. The number of carbonyl (C=O) groups is 2. The van der Waals surface area contributed by atoms with Crippen LogP contribution in [-0.2, 0) is 9.59 Å². The Morgan fingerprint density at radius 3 is 2.76 bits per heavy atom. The number of H-pyrrole nitrogens is 1. The van der Waals surface area contributed by atoms with E-state index in [1.165, 1.54) is 17.9 Å². The van der Waals surface area contributed by atoms with Crippen LogP contribution in [0.1, 0.15) is 45.6 Å². The Morgan fingerprint density at radius 2 is 2.10 bits per heavy atom. The second-order valence-corrected chi connectivity index (χ2v) is 7.42. The summed E-state index contributed by atoms with van der Waals surface area (Å²) in [5, 5.41) is 20.0. The molecule has 1 aliphatic heterocycles. The Morgan fingerprint density at radius 1 is 1.34 bits per heavy atom. The molecule has 1 atom stereocenters. The van der Waals surface area contributed by atoms with Crippen LogP contribution in [0, 0.1) is 5.41 Å². The molecule has 1 aliphatic rings. The number of aromatic amines is 1. The van der Waals surface area contributed by atoms with E-state index in [2.05, 4.69) is 10.3 Å². The smallest absolute Gasteiger partial charge is 0.243 e. The zero-order valence-electron chi connectivity index (χ0n) is 17.3. The standard InChI is InChI=1S/C22H30N4O3/c1-15(6-7-16(2)18-8-9-24-14-18)13-25-22(29)20-5-4-10-26(20)21(28)12-19(27)11-17(3)23/h6-9,11,14,20,23-24,27H,4-5,10,12-13H2,1-3H3,(H,25,29)/b15-6+,16-7+,19-11-,23-17?/t20-/m0/s1. The van der Waals surface area contributed by atoms with Gasteiger partial charge in [0, 0.05) is 31.2 Å². The monoisotopic (exact) mass is 398 g/mol. The Labute approximate surface area is 171 Å². The van der Waals surface area contributed by atoms with Crippen molar-refractivity contribution in [3.8, 4) is 0 Å². The largest absolute Gasteiger partial charge is 0.512 e. The normalized spacial score (nSPS) is 18.1. The lowest BCUT2D eigenvalue weighted by Gasteiger charge is -2.24. The van der Waals surface area contributed by atoms with Crippen LogP contribution in [0.2, 0.25) is 0 Å². The summed E-state index contributed by atoms with van der Waals surface area (Å²) in [5.74, 6) is -0.631. The van der Waals surface area contributed by atoms with Crippen molar-refractivity contribution in [2.24, 2.45) is 0 Å². The molecule has 2 heterocycles. The van der Waals surface area contributed by atoms with E-state index in [-0.39, 0.29) is 29.7 Å². The van der Waals surface area contributed by atoms with Gasteiger partial charge in [0.05, 0.1) is 6.42 Å². The molecule has 0 saturated carbocycles. The maximum absolute atomic E-state index is 12.6. The Hall–Kier alpha value is -3.09. The molecule has 29 heavy (non-hydrogen) atoms. The molecule has 4 N–H and O–H groups in total. The lowest BCUT2D eigenvalue weighted by atomic mass is 10.1. The highest BCUT2D eigenvalue weighted by Gasteiger charge is 2.33. The molecule has 1 aromatic heterocycles. The molecular weight excluding hydrogens is 368 g/mol. The quantitative estimate of drug-likeness (QED) is 0.306. The number of aliphatic hydroxyl groups is 1. The highest BCUT2D eigenvalue weighted by molar-refractivity contribution is 5.92. The Kier molecular flexibility index (Phi) is 8.00. The van der Waals surface area contributed by atoms with Gasteiger partial charge in [-0.2, -0.15) is 0 Å². The van der Waals surface area contributed by atoms with E-state index in [1.807, 2.05) is 44.5 Å². The van der Waals surface area contributed by atoms with E-state index in [4.69, 9.17) is 5.41 Å². The van der Waals surface area contributed by atoms with Gasteiger partial charge in [0.2, 0.25) is 11.8 Å². The van der Waals surface area contributed by atoms with Crippen LogP contribution < -0.4 is 5.32 Å². The minimum atomic E-state index is -0.513. The fourth-order valence-electron chi connectivity index (χ4n) is 3.23. The fraction of sp³-hybridized carbons (Fsp3) is 0.409. The second kappa shape index (κ2) is 10.5. The third-order valence-corrected chi connectivity index (χ3v) is 4.80. The zero-order chi connectivity index (χ0) is 21.4. The molecule has 7 heteroatoms. The van der Waals surface area contributed by atoms with Crippen LogP contribution >= 0.6 is 0 Å². The molecule has 0 unspecified atom stereocenters. The molecule has 1 saturated heterocycles. The number of allylic oxidation sites excluding steroid dienone is 4. The summed E-state index contributed by atoms with van der Waals surface area (Å²) < 4.78 is 0. The van der Waals surface area contributed by atoms with Gasteiger partial charge in [0.25, 0.3) is 0 Å². The molecular formula is C22H30N4O3. The molecule has 2 amide bonds. The predicted molar refractivity (Wildman–Crippen MR) is 115 cm³/mol. The molecule has 0 aliphatic carbocycles. The van der Waals surface area contributed by atoms with Crippen molar-refractivity contribution in [1.82, 2.24) is 15.2 Å². The number of rotatable bonds is 8. The zero-order valence-corrected chi connectivity index (χ0v) is 17.3. The summed E-state index contributed by atoms with van der Waals surface area (Å²) >= 11 is 0. The van der Waals surface area contributed by atoms with E-state index < -0.39 is 6.04 Å². The van der Waals surface area contributed by atoms with Crippen LogP contribution in [0.5, 0.6) is 0 Å². The van der Waals surface area contributed by atoms with Crippen molar-refractivity contribution < 1.29 is 14.7 Å². The minimum Gasteiger partial charge on any atom is -0.512 e. The third-order valence-electron chi connectivity index (χ3n) is 4.80. The SMILES string of the molecule is CC(=N)/C=C(\O)CC(=O)N1CCC[C@H]1C(=O)NC/C(C)=C/C=C(\C)c1cc[nH]c1. The van der Waals surface area contributed by atoms with Gasteiger partial charge in [-0.1, -0.05) is 17.7 Å². The maximum Gasteiger partial charge on any atom is 0.243 e. The number of hydrogen-bond acceptors (Lipinski definition) is 4. The van der Waals surface area contributed by atoms with Crippen LogP contribution in [0.15, 0.2) is 48.0 Å². The highest BCUT2D eigenvalue weighted by Crippen LogP contribution is 2.20. The van der Waals surface area contributed by atoms with Gasteiger partial charge in [0.1, 0.15) is 11.8 Å². The van der Waals surface area contributed by atoms with E-state index >= 15 is 0 Å². The van der Waals surface area contributed by atoms with Crippen LogP contribution in [-0.4, -0.2) is 51.6 Å². The average molecular weight is 399 g/mol. The van der Waals surface area contributed by atoms with Gasteiger partial charge in [-0.3, -0.25) is 9.59 Å². The summed E-state index contributed by atoms with van der Waals surface area (Å²) in [7, 11) is 0. The van der Waals surface area contributed by atoms with Gasteiger partial charge in [-0.25, -0.2) is 0 Å². The number of likely N-dealkylation sites (tertiary alicyclic amines) is 1. The molecule has 1 fully saturated rings. The van der Waals surface area contributed by atoms with Gasteiger partial charge in [-0.15, -0.1) is 0 Å². The van der Waals surface area contributed by atoms with Gasteiger partial charge in [-0.05, 0) is 56.9 Å². The first-order valence-electron chi connectivity index (χ1n) is 9.77. The molecule has 0 bridgehead atoms. The topological polar surface area (TPSA) is 109 Å². The second-order valence-electron chi connectivity index (χ2n) is 7.42. The number of aliphatic hydroxyl groups excluding tert-OH is 1. The van der Waals surface area contributed by atoms with E-state index in [9.17, 15) is 14.7 Å². The molecule has 7 nitrogen and oxygen atoms in total. The maximum atomic E-state index is 12.6. The van der Waals surface area contributed by atoms with Gasteiger partial charge in [0.15, 0.2) is 0 Å². The van der Waals surface area contributed by atoms with Crippen LogP contribution in [0.25, 0.3) is 5.57 Å². The molecule has 2 rings (SSSR count). The Bertz CT molecular complexity index is 834. The van der Waals surface area contributed by atoms with Gasteiger partial charge >= 0.3 is 0 Å². The summed E-state index contributed by atoms with van der Waals surface area (Å²) in [4.78, 5) is 29.6. The molecule has 0 radical (unpaired) electrons. The first-order chi connectivity index (χ1) is 13.8. The number of amides is 2. The number of aromatic nitrogens is 1. The molecule has 0 aromatic carbocycles. The average Bonchev–Trinajstić information content (AvgIpc) is 3.35. The molecule has 156 valence electrons. The van der Waals surface area contributed by atoms with Gasteiger partial charge < -0.3 is 25.7 Å². The van der Waals surface area contributed by atoms with Crippen molar-refractivity contribution in [2.45, 2.75) is 46.1 Å². The summed E-state index contributed by atoms with van der Waals surface area (Å²) in [6.07, 6.45) is 10.2. The minimum absolute atomic E-state index is 0.156. The van der Waals surface area contributed by atoms with Crippen molar-refractivity contribution in [3.05, 3.63) is 53.6 Å². The predicted octanol–water partition coefficient (Wildman–Crippen LogP) is 3.34. The van der Waals surface area contributed by atoms with Crippen molar-refractivity contribution in [1.29, 1.82) is 5.41 Å². The van der Waals surface area contributed by atoms with Crippen LogP contribution in [0.3, 0.4) is 0 Å². The molecule has 0 spiro atoms. The number of hydrogen-bond donors (Lipinski definition) is 4. The van der Waals surface area contributed by atoms with Crippen molar-refractivity contribution in [2.75, 3.05) is 13.1 Å². The van der Waals surface area contributed by atoms with Crippen molar-refractivity contribution in [3.63, 3.8) is 0 Å². The third kappa shape index (κ3) is 6.78. The summed E-state index contributed by atoms with van der Waals surface area (Å²) in [5.41, 5.74) is 3.42. The van der Waals surface area contributed by atoms with E-state index in [0.29, 0.717) is 19.5 Å². The first-order valence-corrected chi connectivity index (χ1v) is 9.77. The molecule has 1 aromatic rings. The lowest BCUT2D eigenvalue weighted by Crippen LogP contribution is -2.46. The van der Waals surface area contributed by atoms with E-state index in [1.54, 1.807) is 0 Å².